The lowest BCUT2D eigenvalue weighted by Crippen LogP contribution is -2.38. The van der Waals surface area contributed by atoms with Crippen molar-refractivity contribution < 1.29 is 4.79 Å². The molecule has 1 heterocycles. The Morgan fingerprint density at radius 1 is 1.19 bits per heavy atom. The summed E-state index contributed by atoms with van der Waals surface area (Å²) < 4.78 is 0. The number of hydrogen-bond donors (Lipinski definition) is 2. The van der Waals surface area contributed by atoms with E-state index < -0.39 is 0 Å². The molecule has 1 amide bonds. The number of aromatic nitrogens is 1. The lowest BCUT2D eigenvalue weighted by Gasteiger charge is -2.25. The molecule has 1 aliphatic carbocycles. The highest BCUT2D eigenvalue weighted by molar-refractivity contribution is 5.94. The summed E-state index contributed by atoms with van der Waals surface area (Å²) in [5.74, 6) is 0.715. The zero-order valence-corrected chi connectivity index (χ0v) is 12.1. The van der Waals surface area contributed by atoms with Crippen molar-refractivity contribution in [1.82, 2.24) is 10.3 Å². The monoisotopic (exact) mass is 281 g/mol. The van der Waals surface area contributed by atoms with Crippen molar-refractivity contribution in [3.63, 3.8) is 0 Å². The van der Waals surface area contributed by atoms with Crippen LogP contribution in [0.25, 0.3) is 0 Å². The molecular formula is C17H19N3O. The molecule has 1 aliphatic rings. The number of fused-ring (bicyclic) bond motifs is 1. The molecule has 0 fully saturated rings. The predicted octanol–water partition coefficient (Wildman–Crippen LogP) is 2.41. The van der Waals surface area contributed by atoms with Gasteiger partial charge in [0.2, 0.25) is 0 Å². The van der Waals surface area contributed by atoms with E-state index in [1.807, 2.05) is 13.1 Å². The molecule has 108 valence electrons. The topological polar surface area (TPSA) is 54.0 Å². The minimum atomic E-state index is -0.0467. The van der Waals surface area contributed by atoms with E-state index in [1.54, 1.807) is 12.3 Å². The SMILES string of the molecule is CNc1ccc(C(=O)NC2CCc3ccccc3C2)cn1. The summed E-state index contributed by atoms with van der Waals surface area (Å²) >= 11 is 0. The average Bonchev–Trinajstić information content (AvgIpc) is 2.55. The maximum Gasteiger partial charge on any atom is 0.253 e. The summed E-state index contributed by atoms with van der Waals surface area (Å²) in [4.78, 5) is 16.4. The zero-order valence-electron chi connectivity index (χ0n) is 12.1. The number of rotatable bonds is 3. The smallest absolute Gasteiger partial charge is 0.253 e. The Morgan fingerprint density at radius 2 is 2.00 bits per heavy atom. The number of benzene rings is 1. The van der Waals surface area contributed by atoms with Crippen LogP contribution >= 0.6 is 0 Å². The van der Waals surface area contributed by atoms with Crippen LogP contribution in [0.4, 0.5) is 5.82 Å². The van der Waals surface area contributed by atoms with Crippen LogP contribution in [0, 0.1) is 0 Å². The number of amides is 1. The third kappa shape index (κ3) is 3.05. The van der Waals surface area contributed by atoms with Crippen molar-refractivity contribution in [2.45, 2.75) is 25.3 Å². The van der Waals surface area contributed by atoms with Crippen molar-refractivity contribution in [3.05, 3.63) is 59.3 Å². The summed E-state index contributed by atoms with van der Waals surface area (Å²) in [5, 5.41) is 6.06. The quantitative estimate of drug-likeness (QED) is 0.908. The first-order valence-electron chi connectivity index (χ1n) is 7.27. The van der Waals surface area contributed by atoms with E-state index in [9.17, 15) is 4.79 Å². The second-order valence-electron chi connectivity index (χ2n) is 5.36. The van der Waals surface area contributed by atoms with Gasteiger partial charge < -0.3 is 10.6 Å². The highest BCUT2D eigenvalue weighted by Crippen LogP contribution is 2.21. The normalized spacial score (nSPS) is 16.9. The molecule has 4 heteroatoms. The van der Waals surface area contributed by atoms with Gasteiger partial charge in [-0.2, -0.15) is 0 Å². The van der Waals surface area contributed by atoms with Gasteiger partial charge in [-0.15, -0.1) is 0 Å². The van der Waals surface area contributed by atoms with E-state index >= 15 is 0 Å². The summed E-state index contributed by atoms with van der Waals surface area (Å²) in [6.45, 7) is 0. The number of nitrogens with zero attached hydrogens (tertiary/aromatic N) is 1. The van der Waals surface area contributed by atoms with E-state index in [-0.39, 0.29) is 11.9 Å². The third-order valence-electron chi connectivity index (χ3n) is 3.96. The van der Waals surface area contributed by atoms with E-state index in [0.717, 1.165) is 25.1 Å². The van der Waals surface area contributed by atoms with Gasteiger partial charge in [0.15, 0.2) is 0 Å². The summed E-state index contributed by atoms with van der Waals surface area (Å²) in [6, 6.07) is 12.3. The number of anilines is 1. The van der Waals surface area contributed by atoms with Crippen LogP contribution < -0.4 is 10.6 Å². The van der Waals surface area contributed by atoms with Crippen LogP contribution in [0.2, 0.25) is 0 Å². The van der Waals surface area contributed by atoms with E-state index in [2.05, 4.69) is 39.9 Å². The fraction of sp³-hybridized carbons (Fsp3) is 0.294. The molecule has 21 heavy (non-hydrogen) atoms. The zero-order chi connectivity index (χ0) is 14.7. The van der Waals surface area contributed by atoms with E-state index in [0.29, 0.717) is 5.56 Å². The first kappa shape index (κ1) is 13.6. The maximum absolute atomic E-state index is 12.3. The Hall–Kier alpha value is -2.36. The Labute approximate surface area is 124 Å². The van der Waals surface area contributed by atoms with E-state index in [1.165, 1.54) is 11.1 Å². The number of carbonyl (C=O) groups is 1. The molecule has 0 spiro atoms. The highest BCUT2D eigenvalue weighted by atomic mass is 16.1. The van der Waals surface area contributed by atoms with Crippen LogP contribution in [-0.2, 0) is 12.8 Å². The predicted molar refractivity (Wildman–Crippen MR) is 83.5 cm³/mol. The number of nitrogens with one attached hydrogen (secondary N) is 2. The van der Waals surface area contributed by atoms with Gasteiger partial charge in [0.1, 0.15) is 5.82 Å². The Kier molecular flexibility index (Phi) is 3.86. The molecule has 2 aromatic rings. The van der Waals surface area contributed by atoms with Gasteiger partial charge in [-0.1, -0.05) is 24.3 Å². The van der Waals surface area contributed by atoms with Crippen molar-refractivity contribution in [2.24, 2.45) is 0 Å². The minimum Gasteiger partial charge on any atom is -0.373 e. The average molecular weight is 281 g/mol. The number of pyridine rings is 1. The standard InChI is InChI=1S/C17H19N3O/c1-18-16-9-7-14(11-19-16)17(21)20-15-8-6-12-4-2-3-5-13(12)10-15/h2-5,7,9,11,15H,6,8,10H2,1H3,(H,18,19)(H,20,21). The van der Waals surface area contributed by atoms with Crippen LogP contribution in [0.5, 0.6) is 0 Å². The first-order valence-corrected chi connectivity index (χ1v) is 7.27. The van der Waals surface area contributed by atoms with Gasteiger partial charge in [-0.3, -0.25) is 4.79 Å². The fourth-order valence-electron chi connectivity index (χ4n) is 2.77. The van der Waals surface area contributed by atoms with Crippen molar-refractivity contribution in [3.8, 4) is 0 Å². The number of aryl methyl sites for hydroxylation is 1. The largest absolute Gasteiger partial charge is 0.373 e. The Balaban J connectivity index is 1.65. The molecule has 0 saturated carbocycles. The molecular weight excluding hydrogens is 262 g/mol. The molecule has 0 saturated heterocycles. The second kappa shape index (κ2) is 5.95. The lowest BCUT2D eigenvalue weighted by molar-refractivity contribution is 0.0933. The molecule has 4 nitrogen and oxygen atoms in total. The van der Waals surface area contributed by atoms with Crippen LogP contribution in [0.1, 0.15) is 27.9 Å². The molecule has 3 rings (SSSR count). The van der Waals surface area contributed by atoms with Crippen molar-refractivity contribution >= 4 is 11.7 Å². The lowest BCUT2D eigenvalue weighted by atomic mass is 9.88. The third-order valence-corrected chi connectivity index (χ3v) is 3.96. The number of hydrogen-bond acceptors (Lipinski definition) is 3. The molecule has 1 atom stereocenters. The Bertz CT molecular complexity index is 637. The van der Waals surface area contributed by atoms with Gasteiger partial charge >= 0.3 is 0 Å². The molecule has 0 radical (unpaired) electrons. The fourth-order valence-corrected chi connectivity index (χ4v) is 2.77. The first-order chi connectivity index (χ1) is 10.3. The summed E-state index contributed by atoms with van der Waals surface area (Å²) in [5.41, 5.74) is 3.36. The van der Waals surface area contributed by atoms with Crippen molar-refractivity contribution in [2.75, 3.05) is 12.4 Å². The van der Waals surface area contributed by atoms with Gasteiger partial charge in [0.05, 0.1) is 5.56 Å². The van der Waals surface area contributed by atoms with Crippen LogP contribution in [-0.4, -0.2) is 24.0 Å². The van der Waals surface area contributed by atoms with Crippen molar-refractivity contribution in [1.29, 1.82) is 0 Å². The maximum atomic E-state index is 12.3. The Morgan fingerprint density at radius 3 is 2.71 bits per heavy atom. The summed E-state index contributed by atoms with van der Waals surface area (Å²) in [7, 11) is 1.81. The molecule has 1 aromatic heterocycles. The molecule has 0 aliphatic heterocycles. The van der Waals surface area contributed by atoms with Crippen LogP contribution in [0.3, 0.4) is 0 Å². The van der Waals surface area contributed by atoms with Crippen LogP contribution in [0.15, 0.2) is 42.6 Å². The minimum absolute atomic E-state index is 0.0467. The molecule has 0 bridgehead atoms. The van der Waals surface area contributed by atoms with E-state index in [4.69, 9.17) is 0 Å². The second-order valence-corrected chi connectivity index (χ2v) is 5.36. The highest BCUT2D eigenvalue weighted by Gasteiger charge is 2.20. The van der Waals surface area contributed by atoms with Gasteiger partial charge in [-0.25, -0.2) is 4.98 Å². The molecule has 1 aromatic carbocycles. The molecule has 1 unspecified atom stereocenters. The number of carbonyl (C=O) groups excluding carboxylic acids is 1. The van der Waals surface area contributed by atoms with Gasteiger partial charge in [-0.05, 0) is 42.5 Å². The summed E-state index contributed by atoms with van der Waals surface area (Å²) in [6.07, 6.45) is 4.53. The van der Waals surface area contributed by atoms with Gasteiger partial charge in [0.25, 0.3) is 5.91 Å². The molecule has 2 N–H and O–H groups in total. The van der Waals surface area contributed by atoms with Gasteiger partial charge in [0, 0.05) is 19.3 Å².